The van der Waals surface area contributed by atoms with Gasteiger partial charge in [-0.2, -0.15) is 0 Å². The van der Waals surface area contributed by atoms with Gasteiger partial charge in [0.05, 0.1) is 23.5 Å². The van der Waals surface area contributed by atoms with E-state index in [1.165, 1.54) is 7.05 Å². The van der Waals surface area contributed by atoms with Gasteiger partial charge in [0, 0.05) is 7.05 Å². The molecule has 0 saturated heterocycles. The van der Waals surface area contributed by atoms with Crippen molar-refractivity contribution in [2.45, 2.75) is 19.9 Å². The lowest BCUT2D eigenvalue weighted by molar-refractivity contribution is 0.0927. The van der Waals surface area contributed by atoms with Crippen LogP contribution in [0.3, 0.4) is 0 Å². The molecule has 140 valence electrons. The summed E-state index contributed by atoms with van der Waals surface area (Å²) in [5.41, 5.74) is 1.77. The van der Waals surface area contributed by atoms with E-state index in [2.05, 4.69) is 5.32 Å². The number of nitrogens with one attached hydrogen (secondary N) is 1. The van der Waals surface area contributed by atoms with Crippen molar-refractivity contribution in [1.29, 1.82) is 0 Å². The Morgan fingerprint density at radius 3 is 2.38 bits per heavy atom. The highest BCUT2D eigenvalue weighted by Crippen LogP contribution is 2.21. The number of hydrogen-bond donors (Lipinski definition) is 1. The highest BCUT2D eigenvalue weighted by molar-refractivity contribution is 7.92. The molecule has 2 rings (SSSR count). The van der Waals surface area contributed by atoms with Crippen LogP contribution in [-0.4, -0.2) is 40.3 Å². The Balaban J connectivity index is 2.04. The van der Waals surface area contributed by atoms with Crippen molar-refractivity contribution in [3.63, 3.8) is 0 Å². The zero-order valence-electron chi connectivity index (χ0n) is 15.4. The van der Waals surface area contributed by atoms with Gasteiger partial charge >= 0.3 is 0 Å². The minimum absolute atomic E-state index is 0.250. The average molecular weight is 376 g/mol. The minimum Gasteiger partial charge on any atom is -0.491 e. The van der Waals surface area contributed by atoms with Gasteiger partial charge in [-0.1, -0.05) is 29.8 Å². The van der Waals surface area contributed by atoms with Crippen LogP contribution in [0.5, 0.6) is 5.75 Å². The summed E-state index contributed by atoms with van der Waals surface area (Å²) >= 11 is 0. The molecule has 1 N–H and O–H groups in total. The second kappa shape index (κ2) is 8.23. The molecule has 1 amide bonds. The summed E-state index contributed by atoms with van der Waals surface area (Å²) in [7, 11) is -2.04. The Labute approximate surface area is 154 Å². The highest BCUT2D eigenvalue weighted by Gasteiger charge is 2.20. The molecular formula is C19H24N2O4S. The van der Waals surface area contributed by atoms with Crippen LogP contribution in [0.15, 0.2) is 48.5 Å². The molecule has 1 atom stereocenters. The number of aryl methyl sites for hydroxylation is 1. The van der Waals surface area contributed by atoms with Crippen molar-refractivity contribution in [2.75, 3.05) is 24.2 Å². The highest BCUT2D eigenvalue weighted by atomic mass is 32.2. The Bertz CT molecular complexity index is 863. The third-order valence-electron chi connectivity index (χ3n) is 3.88. The zero-order valence-corrected chi connectivity index (χ0v) is 16.2. The molecule has 0 saturated carbocycles. The predicted molar refractivity (Wildman–Crippen MR) is 103 cm³/mol. The Hall–Kier alpha value is -2.54. The molecule has 0 unspecified atom stereocenters. The van der Waals surface area contributed by atoms with Gasteiger partial charge in [-0.05, 0) is 38.1 Å². The van der Waals surface area contributed by atoms with Crippen LogP contribution in [0.25, 0.3) is 0 Å². The molecule has 2 aromatic rings. The van der Waals surface area contributed by atoms with Gasteiger partial charge in [-0.3, -0.25) is 9.10 Å². The number of carbonyl (C=O) groups excluding carboxylic acids is 1. The fourth-order valence-electron chi connectivity index (χ4n) is 2.32. The lowest BCUT2D eigenvalue weighted by atomic mass is 10.1. The van der Waals surface area contributed by atoms with Gasteiger partial charge in [0.2, 0.25) is 10.0 Å². The zero-order chi connectivity index (χ0) is 19.3. The molecule has 0 heterocycles. The van der Waals surface area contributed by atoms with E-state index in [-0.39, 0.29) is 11.9 Å². The van der Waals surface area contributed by atoms with Gasteiger partial charge in [0.15, 0.2) is 0 Å². The van der Waals surface area contributed by atoms with Crippen LogP contribution in [0, 0.1) is 6.92 Å². The molecule has 0 fully saturated rings. The monoisotopic (exact) mass is 376 g/mol. The maximum atomic E-state index is 12.6. The number of para-hydroxylation sites is 1. The van der Waals surface area contributed by atoms with Crippen LogP contribution in [0.2, 0.25) is 0 Å². The largest absolute Gasteiger partial charge is 0.491 e. The maximum Gasteiger partial charge on any atom is 0.253 e. The number of hydrogen-bond acceptors (Lipinski definition) is 4. The van der Waals surface area contributed by atoms with Gasteiger partial charge in [0.25, 0.3) is 5.91 Å². The van der Waals surface area contributed by atoms with Crippen LogP contribution in [0.1, 0.15) is 22.8 Å². The maximum absolute atomic E-state index is 12.6. The Kier molecular flexibility index (Phi) is 6.26. The summed E-state index contributed by atoms with van der Waals surface area (Å²) in [6.07, 6.45) is 1.10. The van der Waals surface area contributed by atoms with Crippen LogP contribution in [0.4, 0.5) is 5.69 Å². The number of rotatable bonds is 7. The van der Waals surface area contributed by atoms with Gasteiger partial charge in [-0.25, -0.2) is 8.42 Å². The van der Waals surface area contributed by atoms with Gasteiger partial charge in [-0.15, -0.1) is 0 Å². The van der Waals surface area contributed by atoms with Gasteiger partial charge in [0.1, 0.15) is 12.4 Å². The Morgan fingerprint density at radius 1 is 1.15 bits per heavy atom. The number of benzene rings is 2. The fraction of sp³-hybridized carbons (Fsp3) is 0.316. The van der Waals surface area contributed by atoms with Crippen molar-refractivity contribution in [3.8, 4) is 5.75 Å². The number of nitrogens with zero attached hydrogens (tertiary/aromatic N) is 1. The summed E-state index contributed by atoms with van der Waals surface area (Å²) in [6.45, 7) is 4.13. The van der Waals surface area contributed by atoms with E-state index in [0.717, 1.165) is 21.9 Å². The first kappa shape index (κ1) is 19.8. The molecule has 26 heavy (non-hydrogen) atoms. The smallest absolute Gasteiger partial charge is 0.253 e. The summed E-state index contributed by atoms with van der Waals surface area (Å²) < 4.78 is 30.3. The van der Waals surface area contributed by atoms with Crippen LogP contribution in [-0.2, 0) is 10.0 Å². The van der Waals surface area contributed by atoms with E-state index >= 15 is 0 Å². The number of ether oxygens (including phenoxy) is 1. The minimum atomic E-state index is -3.46. The fourth-order valence-corrected chi connectivity index (χ4v) is 2.83. The number of amides is 1. The lowest BCUT2D eigenvalue weighted by Crippen LogP contribution is -2.38. The standard InChI is InChI=1S/C19H24N2O4S/c1-14-9-11-16(12-10-14)25-13-15(2)20-19(22)17-7-5-6-8-18(17)21(3)26(4,23)24/h5-12,15H,13H2,1-4H3,(H,20,22)/t15-/m0/s1. The second-order valence-corrected chi connectivity index (χ2v) is 8.26. The summed E-state index contributed by atoms with van der Waals surface area (Å²) in [4.78, 5) is 12.6. The molecule has 6 nitrogen and oxygen atoms in total. The molecule has 0 aromatic heterocycles. The molecule has 2 aromatic carbocycles. The van der Waals surface area contributed by atoms with Crippen molar-refractivity contribution in [1.82, 2.24) is 5.32 Å². The third kappa shape index (κ3) is 5.23. The number of anilines is 1. The SMILES string of the molecule is Cc1ccc(OC[C@H](C)NC(=O)c2ccccc2N(C)S(C)(=O)=O)cc1. The van der Waals surface area contributed by atoms with E-state index in [0.29, 0.717) is 17.9 Å². The molecule has 0 aliphatic carbocycles. The lowest BCUT2D eigenvalue weighted by Gasteiger charge is -2.21. The van der Waals surface area contributed by atoms with E-state index in [1.807, 2.05) is 38.1 Å². The van der Waals surface area contributed by atoms with E-state index in [9.17, 15) is 13.2 Å². The topological polar surface area (TPSA) is 75.7 Å². The molecule has 0 aliphatic heterocycles. The van der Waals surface area contributed by atoms with E-state index < -0.39 is 10.0 Å². The van der Waals surface area contributed by atoms with Crippen molar-refractivity contribution in [2.24, 2.45) is 0 Å². The van der Waals surface area contributed by atoms with Crippen LogP contribution < -0.4 is 14.4 Å². The van der Waals surface area contributed by atoms with E-state index in [4.69, 9.17) is 4.74 Å². The first-order chi connectivity index (χ1) is 12.2. The molecule has 0 aliphatic rings. The first-order valence-electron chi connectivity index (χ1n) is 8.21. The number of sulfonamides is 1. The second-order valence-electron chi connectivity index (χ2n) is 6.25. The van der Waals surface area contributed by atoms with Crippen molar-refractivity contribution in [3.05, 3.63) is 59.7 Å². The first-order valence-corrected chi connectivity index (χ1v) is 10.1. The van der Waals surface area contributed by atoms with Gasteiger partial charge < -0.3 is 10.1 Å². The molecule has 0 radical (unpaired) electrons. The Morgan fingerprint density at radius 2 is 1.77 bits per heavy atom. The quantitative estimate of drug-likeness (QED) is 0.806. The molecule has 0 spiro atoms. The molecule has 0 bridgehead atoms. The predicted octanol–water partition coefficient (Wildman–Crippen LogP) is 2.59. The van der Waals surface area contributed by atoms with Crippen molar-refractivity contribution < 1.29 is 17.9 Å². The summed E-state index contributed by atoms with van der Waals surface area (Å²) in [5.74, 6) is 0.380. The third-order valence-corrected chi connectivity index (χ3v) is 5.08. The molecular weight excluding hydrogens is 352 g/mol. The molecule has 7 heteroatoms. The van der Waals surface area contributed by atoms with E-state index in [1.54, 1.807) is 24.3 Å². The van der Waals surface area contributed by atoms with Crippen molar-refractivity contribution >= 4 is 21.6 Å². The normalized spacial score (nSPS) is 12.3. The summed E-state index contributed by atoms with van der Waals surface area (Å²) in [6, 6.07) is 14.0. The summed E-state index contributed by atoms with van der Waals surface area (Å²) in [5, 5.41) is 2.84. The van der Waals surface area contributed by atoms with Crippen LogP contribution >= 0.6 is 0 Å². The number of carbonyl (C=O) groups is 1. The average Bonchev–Trinajstić information content (AvgIpc) is 2.59.